The monoisotopic (exact) mass is 472 g/mol. The van der Waals surface area contributed by atoms with Crippen molar-refractivity contribution in [3.8, 4) is 17.2 Å². The molecule has 5 rings (SSSR count). The summed E-state index contributed by atoms with van der Waals surface area (Å²) >= 11 is 0. The molecule has 0 amide bonds. The molecule has 0 saturated heterocycles. The summed E-state index contributed by atoms with van der Waals surface area (Å²) in [4.78, 5) is 25.8. The normalized spacial score (nSPS) is 15.8. The fraction of sp³-hybridized carbons (Fsp3) is 0.222. The van der Waals surface area contributed by atoms with Gasteiger partial charge in [0.15, 0.2) is 5.76 Å². The Morgan fingerprint density at radius 3 is 2.69 bits per heavy atom. The van der Waals surface area contributed by atoms with Crippen LogP contribution in [-0.4, -0.2) is 36.0 Å². The fourth-order valence-electron chi connectivity index (χ4n) is 4.45. The molecule has 178 valence electrons. The number of carbonyl (C=O) groups is 1. The van der Waals surface area contributed by atoms with Gasteiger partial charge in [-0.1, -0.05) is 18.2 Å². The Labute approximate surface area is 202 Å². The lowest BCUT2D eigenvalue weighted by atomic mass is 9.98. The molecule has 2 aliphatic rings. The highest BCUT2D eigenvalue weighted by Crippen LogP contribution is 2.44. The fourth-order valence-corrected chi connectivity index (χ4v) is 4.45. The summed E-state index contributed by atoms with van der Waals surface area (Å²) in [6.45, 7) is 3.65. The number of ether oxygens (including phenoxy) is 3. The first-order chi connectivity index (χ1) is 16.9. The van der Waals surface area contributed by atoms with Crippen molar-refractivity contribution in [2.24, 2.45) is 0 Å². The first kappa shape index (κ1) is 22.6. The average Bonchev–Trinajstić information content (AvgIpc) is 3.20. The van der Waals surface area contributed by atoms with E-state index in [1.165, 1.54) is 12.1 Å². The van der Waals surface area contributed by atoms with Crippen molar-refractivity contribution in [1.29, 1.82) is 0 Å². The van der Waals surface area contributed by atoms with Gasteiger partial charge in [-0.15, -0.1) is 0 Å². The van der Waals surface area contributed by atoms with E-state index in [0.717, 1.165) is 41.2 Å². The molecule has 3 aromatic rings. The molecule has 2 aliphatic heterocycles. The molecule has 2 heterocycles. The molecule has 35 heavy (non-hydrogen) atoms. The van der Waals surface area contributed by atoms with Crippen LogP contribution in [0.25, 0.3) is 6.08 Å². The van der Waals surface area contributed by atoms with E-state index in [4.69, 9.17) is 14.2 Å². The quantitative estimate of drug-likeness (QED) is 0.286. The molecular weight excluding hydrogens is 448 g/mol. The first-order valence-electron chi connectivity index (χ1n) is 11.3. The van der Waals surface area contributed by atoms with Gasteiger partial charge in [0.2, 0.25) is 5.78 Å². The van der Waals surface area contributed by atoms with E-state index in [0.29, 0.717) is 30.2 Å². The molecule has 0 N–H and O–H groups in total. The number of benzene rings is 3. The number of non-ortho nitro benzene ring substituents is 1. The van der Waals surface area contributed by atoms with Crippen LogP contribution in [-0.2, 0) is 13.0 Å². The van der Waals surface area contributed by atoms with E-state index in [9.17, 15) is 14.9 Å². The molecular formula is C27H24N2O6. The number of rotatable bonds is 6. The van der Waals surface area contributed by atoms with E-state index < -0.39 is 4.92 Å². The van der Waals surface area contributed by atoms with Gasteiger partial charge < -0.3 is 14.2 Å². The number of fused-ring (bicyclic) bond motifs is 3. The van der Waals surface area contributed by atoms with Crippen molar-refractivity contribution >= 4 is 17.5 Å². The number of nitro benzene ring substituents is 1. The Bertz CT molecular complexity index is 1350. The van der Waals surface area contributed by atoms with Crippen LogP contribution < -0.4 is 14.2 Å². The molecule has 0 radical (unpaired) electrons. The summed E-state index contributed by atoms with van der Waals surface area (Å²) in [5.41, 5.74) is 3.93. The van der Waals surface area contributed by atoms with Crippen molar-refractivity contribution in [1.82, 2.24) is 4.90 Å². The van der Waals surface area contributed by atoms with Crippen LogP contribution in [0.2, 0.25) is 0 Å². The minimum atomic E-state index is -0.459. The van der Waals surface area contributed by atoms with E-state index >= 15 is 0 Å². The molecule has 0 spiro atoms. The van der Waals surface area contributed by atoms with Gasteiger partial charge in [0.25, 0.3) is 5.69 Å². The minimum absolute atomic E-state index is 0.00983. The van der Waals surface area contributed by atoms with Crippen LogP contribution in [0.3, 0.4) is 0 Å². The standard InChI is InChI=1S/C27H24N2O6/c1-17-13-23-21(15-28(16-34-23)12-11-19-5-3-4-6-22(19)33-2)27-25(17)26(30)24(35-27)14-18-7-9-20(10-8-18)29(31)32/h3-10,13-14H,11-12,15-16H2,1-2H3/b24-14-. The number of ketones is 1. The highest BCUT2D eigenvalue weighted by Gasteiger charge is 2.35. The number of carbonyl (C=O) groups excluding carboxylic acids is 1. The third-order valence-corrected chi connectivity index (χ3v) is 6.28. The van der Waals surface area contributed by atoms with Gasteiger partial charge in [-0.3, -0.25) is 19.8 Å². The Morgan fingerprint density at radius 1 is 1.17 bits per heavy atom. The van der Waals surface area contributed by atoms with Crippen LogP contribution in [0.1, 0.15) is 32.6 Å². The SMILES string of the molecule is COc1ccccc1CCN1COc2cc(C)c3c(c2C1)O/C(=C\c1ccc([N+](=O)[O-])cc1)C3=O. The highest BCUT2D eigenvalue weighted by atomic mass is 16.6. The van der Waals surface area contributed by atoms with Crippen molar-refractivity contribution in [3.63, 3.8) is 0 Å². The topological polar surface area (TPSA) is 91.1 Å². The molecule has 8 nitrogen and oxygen atoms in total. The minimum Gasteiger partial charge on any atom is -0.496 e. The predicted octanol–water partition coefficient (Wildman–Crippen LogP) is 4.92. The van der Waals surface area contributed by atoms with Gasteiger partial charge in [0.1, 0.15) is 24.0 Å². The number of hydrogen-bond donors (Lipinski definition) is 0. The molecule has 0 atom stereocenters. The number of Topliss-reactive ketones (excluding diaryl/α,β-unsaturated/α-hetero) is 1. The number of methoxy groups -OCH3 is 1. The molecule has 0 fully saturated rings. The second-order valence-electron chi connectivity index (χ2n) is 8.55. The third kappa shape index (κ3) is 4.36. The third-order valence-electron chi connectivity index (χ3n) is 6.28. The number of allylic oxidation sites excluding steroid dienone is 1. The Balaban J connectivity index is 1.38. The van der Waals surface area contributed by atoms with E-state index in [1.54, 1.807) is 25.3 Å². The summed E-state index contributed by atoms with van der Waals surface area (Å²) < 4.78 is 17.6. The lowest BCUT2D eigenvalue weighted by Gasteiger charge is -2.30. The van der Waals surface area contributed by atoms with Crippen LogP contribution in [0.5, 0.6) is 17.2 Å². The van der Waals surface area contributed by atoms with E-state index in [2.05, 4.69) is 11.0 Å². The maximum atomic E-state index is 13.2. The van der Waals surface area contributed by atoms with Crippen LogP contribution in [0.4, 0.5) is 5.69 Å². The molecule has 0 saturated carbocycles. The van der Waals surface area contributed by atoms with Gasteiger partial charge in [-0.05, 0) is 60.4 Å². The zero-order chi connectivity index (χ0) is 24.5. The first-order valence-corrected chi connectivity index (χ1v) is 11.3. The van der Waals surface area contributed by atoms with Crippen molar-refractivity contribution in [2.45, 2.75) is 19.9 Å². The smallest absolute Gasteiger partial charge is 0.269 e. The lowest BCUT2D eigenvalue weighted by Crippen LogP contribution is -2.34. The zero-order valence-corrected chi connectivity index (χ0v) is 19.4. The van der Waals surface area contributed by atoms with Crippen LogP contribution >= 0.6 is 0 Å². The van der Waals surface area contributed by atoms with Crippen molar-refractivity contribution in [2.75, 3.05) is 20.4 Å². The molecule has 0 aromatic heterocycles. The molecule has 0 aliphatic carbocycles. The van der Waals surface area contributed by atoms with Crippen LogP contribution in [0, 0.1) is 17.0 Å². The van der Waals surface area contributed by atoms with Crippen molar-refractivity contribution in [3.05, 3.63) is 98.3 Å². The van der Waals surface area contributed by atoms with Gasteiger partial charge in [-0.2, -0.15) is 0 Å². The van der Waals surface area contributed by atoms with Gasteiger partial charge >= 0.3 is 0 Å². The number of aryl methyl sites for hydroxylation is 1. The summed E-state index contributed by atoms with van der Waals surface area (Å²) in [6, 6.07) is 15.8. The number of nitro groups is 1. The maximum Gasteiger partial charge on any atom is 0.269 e. The molecule has 3 aromatic carbocycles. The van der Waals surface area contributed by atoms with Gasteiger partial charge in [0, 0.05) is 25.2 Å². The predicted molar refractivity (Wildman–Crippen MR) is 130 cm³/mol. The maximum absolute atomic E-state index is 13.2. The molecule has 0 unspecified atom stereocenters. The molecule has 0 bridgehead atoms. The van der Waals surface area contributed by atoms with E-state index in [1.807, 2.05) is 31.2 Å². The van der Waals surface area contributed by atoms with Gasteiger partial charge in [-0.25, -0.2) is 0 Å². The summed E-state index contributed by atoms with van der Waals surface area (Å²) in [5, 5.41) is 10.9. The van der Waals surface area contributed by atoms with Crippen molar-refractivity contribution < 1.29 is 23.9 Å². The van der Waals surface area contributed by atoms with Crippen LogP contribution in [0.15, 0.2) is 60.4 Å². The lowest BCUT2D eigenvalue weighted by molar-refractivity contribution is -0.384. The summed E-state index contributed by atoms with van der Waals surface area (Å²) in [7, 11) is 1.67. The Hall–Kier alpha value is -4.17. The second-order valence-corrected chi connectivity index (χ2v) is 8.55. The van der Waals surface area contributed by atoms with E-state index in [-0.39, 0.29) is 17.2 Å². The molecule has 8 heteroatoms. The average molecular weight is 472 g/mol. The number of para-hydroxylation sites is 1. The number of hydrogen-bond acceptors (Lipinski definition) is 7. The Kier molecular flexibility index (Phi) is 5.96. The zero-order valence-electron chi connectivity index (χ0n) is 19.4. The van der Waals surface area contributed by atoms with Gasteiger partial charge in [0.05, 0.1) is 23.2 Å². The highest BCUT2D eigenvalue weighted by molar-refractivity contribution is 6.15. The summed E-state index contributed by atoms with van der Waals surface area (Å²) in [5.74, 6) is 2.10. The largest absolute Gasteiger partial charge is 0.496 e. The Morgan fingerprint density at radius 2 is 1.94 bits per heavy atom. The number of nitrogens with zero attached hydrogens (tertiary/aromatic N) is 2. The second kappa shape index (κ2) is 9.23. The summed E-state index contributed by atoms with van der Waals surface area (Å²) in [6.07, 6.45) is 2.41.